The summed E-state index contributed by atoms with van der Waals surface area (Å²) in [6.07, 6.45) is 0. The van der Waals surface area contributed by atoms with Gasteiger partial charge in [-0.15, -0.1) is 0 Å². The second kappa shape index (κ2) is 3.81. The third kappa shape index (κ3) is 1.79. The van der Waals surface area contributed by atoms with Crippen LogP contribution in [0.5, 0.6) is 0 Å². The van der Waals surface area contributed by atoms with Crippen LogP contribution in [0.2, 0.25) is 0 Å². The van der Waals surface area contributed by atoms with E-state index in [0.717, 1.165) is 0 Å². The van der Waals surface area contributed by atoms with Gasteiger partial charge in [0.25, 0.3) is 0 Å². The summed E-state index contributed by atoms with van der Waals surface area (Å²) in [7, 11) is 0. The van der Waals surface area contributed by atoms with Crippen LogP contribution < -0.4 is 0 Å². The molecule has 1 aliphatic rings. The van der Waals surface area contributed by atoms with E-state index in [-0.39, 0.29) is 42.8 Å². The van der Waals surface area contributed by atoms with E-state index in [4.69, 9.17) is 23.2 Å². The molecule has 0 aliphatic carbocycles. The molecule has 10 heavy (non-hydrogen) atoms. The van der Waals surface area contributed by atoms with Crippen LogP contribution in [0.1, 0.15) is 0 Å². The minimum atomic E-state index is -0.758. The van der Waals surface area contributed by atoms with Crippen LogP contribution in [0.15, 0.2) is 10.1 Å². The standard InChI is InChI=1S/C4HCl2NO2.Y/c5-1-2(6)4(9)7-3(1)8;/h(H,7,8,9);/p-1. The molecule has 6 heteroatoms. The Bertz CT molecular complexity index is 203. The molecule has 0 fully saturated rings. The number of nitrogens with zero attached hydrogens (tertiary/aromatic N) is 1. The molecule has 1 radical (unpaired) electrons. The number of carbonyl (C=O) groups excluding carboxylic acids is 2. The van der Waals surface area contributed by atoms with E-state index in [9.17, 15) is 9.59 Å². The number of rotatable bonds is 0. The molecule has 3 nitrogen and oxygen atoms in total. The van der Waals surface area contributed by atoms with Crippen LogP contribution in [0, 0.1) is 0 Å². The minimum absolute atomic E-state index is 0. The number of imide groups is 1. The fourth-order valence-electron chi connectivity index (χ4n) is 0.378. The van der Waals surface area contributed by atoms with Gasteiger partial charge in [-0.3, -0.25) is 0 Å². The van der Waals surface area contributed by atoms with Crippen LogP contribution in [-0.4, -0.2) is 11.8 Å². The van der Waals surface area contributed by atoms with E-state index in [2.05, 4.69) is 5.32 Å². The summed E-state index contributed by atoms with van der Waals surface area (Å²) in [6.45, 7) is 0. The third-order valence-corrected chi connectivity index (χ3v) is 1.57. The quantitative estimate of drug-likeness (QED) is 0.608. The van der Waals surface area contributed by atoms with Gasteiger partial charge in [0.05, 0.1) is 10.1 Å². The van der Waals surface area contributed by atoms with E-state index in [1.54, 1.807) is 0 Å². The smallest absolute Gasteiger partial charge is 0.101 e. The Labute approximate surface area is 92.0 Å². The van der Waals surface area contributed by atoms with E-state index in [0.29, 0.717) is 0 Å². The molecule has 0 N–H and O–H groups in total. The van der Waals surface area contributed by atoms with Crippen LogP contribution in [0.3, 0.4) is 0 Å². The van der Waals surface area contributed by atoms with Crippen molar-refractivity contribution in [3.63, 3.8) is 0 Å². The van der Waals surface area contributed by atoms with Crippen LogP contribution >= 0.6 is 23.2 Å². The van der Waals surface area contributed by atoms with Crippen molar-refractivity contribution in [1.82, 2.24) is 0 Å². The van der Waals surface area contributed by atoms with Gasteiger partial charge >= 0.3 is 0 Å². The molecule has 51 valence electrons. The molecule has 1 aliphatic heterocycles. The Hall–Kier alpha value is 0.564. The van der Waals surface area contributed by atoms with Crippen molar-refractivity contribution in [2.75, 3.05) is 0 Å². The monoisotopic (exact) mass is 253 g/mol. The summed E-state index contributed by atoms with van der Waals surface area (Å²) in [5.41, 5.74) is 0. The molecular weight excluding hydrogens is 254 g/mol. The molecule has 0 saturated heterocycles. The summed E-state index contributed by atoms with van der Waals surface area (Å²) in [4.78, 5) is 20.7. The molecule has 0 aromatic rings. The number of carbonyl (C=O) groups is 2. The average molecular weight is 254 g/mol. The first-order chi connectivity index (χ1) is 4.13. The maximum Gasteiger partial charge on any atom is 0.101 e. The Balaban J connectivity index is 0.000000810. The third-order valence-electron chi connectivity index (χ3n) is 0.771. The SMILES string of the molecule is O=C1[N-]C(=O)C(Cl)=C1Cl.[Y]. The second-order valence-corrected chi connectivity index (χ2v) is 2.11. The first-order valence-electron chi connectivity index (χ1n) is 1.98. The number of amides is 2. The fourth-order valence-corrected chi connectivity index (χ4v) is 0.624. The summed E-state index contributed by atoms with van der Waals surface area (Å²) < 4.78 is 0. The molecule has 0 bridgehead atoms. The molecule has 0 aromatic carbocycles. The van der Waals surface area contributed by atoms with Crippen LogP contribution in [0.4, 0.5) is 0 Å². The van der Waals surface area contributed by atoms with Gasteiger partial charge in [0, 0.05) is 32.7 Å². The maximum absolute atomic E-state index is 10.3. The molecule has 0 spiro atoms. The minimum Gasteiger partial charge on any atom is -0.586 e. The first kappa shape index (κ1) is 10.6. The summed E-state index contributed by atoms with van der Waals surface area (Å²) in [5, 5.41) is 2.35. The predicted molar refractivity (Wildman–Crippen MR) is 32.1 cm³/mol. The zero-order valence-corrected chi connectivity index (χ0v) is 8.95. The molecule has 0 unspecified atom stereocenters. The zero-order valence-electron chi connectivity index (χ0n) is 4.60. The molecule has 0 atom stereocenters. The van der Waals surface area contributed by atoms with E-state index in [1.807, 2.05) is 0 Å². The van der Waals surface area contributed by atoms with Crippen molar-refractivity contribution in [3.8, 4) is 0 Å². The van der Waals surface area contributed by atoms with Crippen molar-refractivity contribution in [1.29, 1.82) is 0 Å². The maximum atomic E-state index is 10.3. The largest absolute Gasteiger partial charge is 0.586 e. The van der Waals surface area contributed by atoms with Crippen molar-refractivity contribution in [3.05, 3.63) is 15.4 Å². The molecule has 0 aromatic heterocycles. The van der Waals surface area contributed by atoms with E-state index in [1.165, 1.54) is 0 Å². The second-order valence-electron chi connectivity index (χ2n) is 1.35. The van der Waals surface area contributed by atoms with Crippen LogP contribution in [-0.2, 0) is 42.3 Å². The molecule has 0 saturated carbocycles. The molecule has 2 amide bonds. The van der Waals surface area contributed by atoms with Crippen molar-refractivity contribution < 1.29 is 42.3 Å². The Morgan fingerprint density at radius 2 is 1.30 bits per heavy atom. The zero-order chi connectivity index (χ0) is 7.02. The van der Waals surface area contributed by atoms with Gasteiger partial charge in [-0.05, 0) is 0 Å². The van der Waals surface area contributed by atoms with Crippen molar-refractivity contribution in [2.45, 2.75) is 0 Å². The van der Waals surface area contributed by atoms with Gasteiger partial charge in [-0.2, -0.15) is 0 Å². The topological polar surface area (TPSA) is 48.2 Å². The fraction of sp³-hybridized carbons (Fsp3) is 0. The van der Waals surface area contributed by atoms with Gasteiger partial charge in [0.15, 0.2) is 0 Å². The number of hydrogen-bond donors (Lipinski definition) is 0. The average Bonchev–Trinajstić information content (AvgIpc) is 1.98. The van der Waals surface area contributed by atoms with E-state index < -0.39 is 11.8 Å². The predicted octanol–water partition coefficient (Wildman–Crippen LogP) is 1.11. The summed E-state index contributed by atoms with van der Waals surface area (Å²) >= 11 is 10.4. The summed E-state index contributed by atoms with van der Waals surface area (Å²) in [5.74, 6) is -1.52. The van der Waals surface area contributed by atoms with Gasteiger partial charge in [0.2, 0.25) is 0 Å². The van der Waals surface area contributed by atoms with E-state index >= 15 is 0 Å². The van der Waals surface area contributed by atoms with Crippen LogP contribution in [0.25, 0.3) is 5.32 Å². The van der Waals surface area contributed by atoms with Gasteiger partial charge < -0.3 is 14.9 Å². The van der Waals surface area contributed by atoms with Gasteiger partial charge in [-0.25, -0.2) is 0 Å². The Morgan fingerprint density at radius 1 is 1.00 bits per heavy atom. The van der Waals surface area contributed by atoms with Crippen molar-refractivity contribution in [2.24, 2.45) is 0 Å². The molecule has 1 rings (SSSR count). The van der Waals surface area contributed by atoms with Crippen molar-refractivity contribution >= 4 is 35.0 Å². The van der Waals surface area contributed by atoms with Gasteiger partial charge in [-0.1, -0.05) is 23.2 Å². The normalized spacial score (nSPS) is 17.0. The number of hydrogen-bond acceptors (Lipinski definition) is 2. The first-order valence-corrected chi connectivity index (χ1v) is 2.74. The Morgan fingerprint density at radius 3 is 1.40 bits per heavy atom. The number of halogens is 2. The molecule has 1 heterocycles. The Kier molecular flexibility index (Phi) is 4.03. The summed E-state index contributed by atoms with van der Waals surface area (Å²) in [6, 6.07) is 0. The van der Waals surface area contributed by atoms with Gasteiger partial charge in [0.1, 0.15) is 11.8 Å². The molecular formula is C4Cl2NO2Y-.